The summed E-state index contributed by atoms with van der Waals surface area (Å²) in [5.41, 5.74) is 1.05. The van der Waals surface area contributed by atoms with E-state index in [9.17, 15) is 0 Å². The minimum Gasteiger partial charge on any atom is -0.459 e. The third kappa shape index (κ3) is 6.52. The summed E-state index contributed by atoms with van der Waals surface area (Å²) in [5, 5.41) is 6.35. The first-order valence-electron chi connectivity index (χ1n) is 7.01. The van der Waals surface area contributed by atoms with E-state index in [1.54, 1.807) is 14.2 Å². The molecular weight excluding hydrogens is 473 g/mol. The van der Waals surface area contributed by atoms with Gasteiger partial charge < -0.3 is 19.8 Å². The molecule has 0 amide bonds. The van der Waals surface area contributed by atoms with E-state index in [2.05, 4.69) is 31.6 Å². The highest BCUT2D eigenvalue weighted by Crippen LogP contribution is 2.23. The standard InChI is InChI=1S/C16H20BrN3O2.HI/c1-18-16(19-9-10-21-2)20-11-14-7-8-15(22-14)12-3-5-13(17)6-4-12;/h3-8H,9-11H2,1-2H3,(H2,18,19,20);1H. The fraction of sp³-hybridized carbons (Fsp3) is 0.312. The van der Waals surface area contributed by atoms with Gasteiger partial charge in [-0.1, -0.05) is 28.1 Å². The Balaban J connectivity index is 0.00000264. The molecule has 1 aromatic carbocycles. The molecule has 0 aliphatic carbocycles. The SMILES string of the molecule is CN=C(NCCOC)NCc1ccc(-c2ccc(Br)cc2)o1.I. The van der Waals surface area contributed by atoms with Gasteiger partial charge in [-0.25, -0.2) is 0 Å². The second kappa shape index (κ2) is 10.7. The summed E-state index contributed by atoms with van der Waals surface area (Å²) in [6.07, 6.45) is 0. The van der Waals surface area contributed by atoms with Gasteiger partial charge in [0.15, 0.2) is 5.96 Å². The molecule has 23 heavy (non-hydrogen) atoms. The van der Waals surface area contributed by atoms with E-state index in [1.165, 1.54) is 0 Å². The lowest BCUT2D eigenvalue weighted by atomic mass is 10.2. The highest BCUT2D eigenvalue weighted by Gasteiger charge is 2.05. The summed E-state index contributed by atoms with van der Waals surface area (Å²) in [5.74, 6) is 2.43. The van der Waals surface area contributed by atoms with Gasteiger partial charge >= 0.3 is 0 Å². The molecule has 1 aromatic heterocycles. The molecular formula is C16H21BrIN3O2. The predicted octanol–water partition coefficient (Wildman–Crippen LogP) is 3.64. The number of hydrogen-bond donors (Lipinski definition) is 2. The Kier molecular flexibility index (Phi) is 9.27. The zero-order valence-electron chi connectivity index (χ0n) is 13.1. The van der Waals surface area contributed by atoms with Crippen molar-refractivity contribution >= 4 is 45.9 Å². The van der Waals surface area contributed by atoms with Crippen LogP contribution in [0.4, 0.5) is 0 Å². The first kappa shape index (κ1) is 20.0. The van der Waals surface area contributed by atoms with Crippen LogP contribution in [0.1, 0.15) is 5.76 Å². The van der Waals surface area contributed by atoms with Crippen LogP contribution in [-0.4, -0.2) is 33.3 Å². The number of rotatable bonds is 6. The Morgan fingerprint density at radius 3 is 2.57 bits per heavy atom. The van der Waals surface area contributed by atoms with Gasteiger partial charge in [-0.3, -0.25) is 4.99 Å². The number of nitrogens with zero attached hydrogens (tertiary/aromatic N) is 1. The van der Waals surface area contributed by atoms with Crippen LogP contribution in [0.25, 0.3) is 11.3 Å². The smallest absolute Gasteiger partial charge is 0.191 e. The van der Waals surface area contributed by atoms with Crippen LogP contribution in [0.2, 0.25) is 0 Å². The molecule has 0 aliphatic heterocycles. The molecule has 2 N–H and O–H groups in total. The van der Waals surface area contributed by atoms with Crippen LogP contribution < -0.4 is 10.6 Å². The minimum absolute atomic E-state index is 0. The largest absolute Gasteiger partial charge is 0.459 e. The van der Waals surface area contributed by atoms with Crippen LogP contribution in [-0.2, 0) is 11.3 Å². The zero-order chi connectivity index (χ0) is 15.8. The fourth-order valence-corrected chi connectivity index (χ4v) is 2.17. The van der Waals surface area contributed by atoms with Crippen LogP contribution in [0.15, 0.2) is 50.3 Å². The van der Waals surface area contributed by atoms with Crippen LogP contribution in [0.5, 0.6) is 0 Å². The molecule has 0 fully saturated rings. The molecule has 5 nitrogen and oxygen atoms in total. The average molecular weight is 494 g/mol. The molecule has 0 radical (unpaired) electrons. The molecule has 0 spiro atoms. The van der Waals surface area contributed by atoms with Crippen molar-refractivity contribution < 1.29 is 9.15 Å². The number of halogens is 2. The Hall–Kier alpha value is -1.06. The number of guanidine groups is 1. The lowest BCUT2D eigenvalue weighted by molar-refractivity contribution is 0.203. The summed E-state index contributed by atoms with van der Waals surface area (Å²) in [6, 6.07) is 12.0. The van der Waals surface area contributed by atoms with Crippen molar-refractivity contribution in [3.63, 3.8) is 0 Å². The summed E-state index contributed by atoms with van der Waals surface area (Å²) in [4.78, 5) is 4.14. The van der Waals surface area contributed by atoms with Crippen LogP contribution in [0, 0.1) is 0 Å². The summed E-state index contributed by atoms with van der Waals surface area (Å²) < 4.78 is 11.9. The molecule has 1 heterocycles. The summed E-state index contributed by atoms with van der Waals surface area (Å²) in [6.45, 7) is 1.91. The number of aliphatic imine (C=N–C) groups is 1. The summed E-state index contributed by atoms with van der Waals surface area (Å²) in [7, 11) is 3.40. The van der Waals surface area contributed by atoms with E-state index in [4.69, 9.17) is 9.15 Å². The fourth-order valence-electron chi connectivity index (χ4n) is 1.91. The third-order valence-corrected chi connectivity index (χ3v) is 3.57. The Bertz CT molecular complexity index is 614. The Labute approximate surface area is 162 Å². The second-order valence-electron chi connectivity index (χ2n) is 4.62. The van der Waals surface area contributed by atoms with E-state index in [1.807, 2.05) is 36.4 Å². The molecule has 0 atom stereocenters. The van der Waals surface area contributed by atoms with E-state index in [0.717, 1.165) is 27.5 Å². The van der Waals surface area contributed by atoms with Crippen molar-refractivity contribution in [1.29, 1.82) is 0 Å². The van der Waals surface area contributed by atoms with Crippen LogP contribution in [0.3, 0.4) is 0 Å². The Morgan fingerprint density at radius 2 is 1.91 bits per heavy atom. The van der Waals surface area contributed by atoms with E-state index >= 15 is 0 Å². The van der Waals surface area contributed by atoms with Gasteiger partial charge in [-0.05, 0) is 24.3 Å². The molecule has 0 saturated carbocycles. The molecule has 7 heteroatoms. The van der Waals surface area contributed by atoms with Gasteiger partial charge in [-0.2, -0.15) is 0 Å². The molecule has 0 bridgehead atoms. The van der Waals surface area contributed by atoms with Gasteiger partial charge in [0, 0.05) is 30.7 Å². The lowest BCUT2D eigenvalue weighted by Gasteiger charge is -2.10. The third-order valence-electron chi connectivity index (χ3n) is 3.04. The zero-order valence-corrected chi connectivity index (χ0v) is 17.1. The van der Waals surface area contributed by atoms with Crippen molar-refractivity contribution in [3.05, 3.63) is 46.6 Å². The van der Waals surface area contributed by atoms with Crippen molar-refractivity contribution in [1.82, 2.24) is 10.6 Å². The van der Waals surface area contributed by atoms with Gasteiger partial charge in [0.1, 0.15) is 11.5 Å². The molecule has 0 saturated heterocycles. The van der Waals surface area contributed by atoms with Crippen LogP contribution >= 0.6 is 39.9 Å². The number of nitrogens with one attached hydrogen (secondary N) is 2. The van der Waals surface area contributed by atoms with Crippen molar-refractivity contribution in [2.75, 3.05) is 27.3 Å². The maximum atomic E-state index is 5.84. The van der Waals surface area contributed by atoms with Crippen molar-refractivity contribution in [3.8, 4) is 11.3 Å². The highest BCUT2D eigenvalue weighted by atomic mass is 127. The maximum Gasteiger partial charge on any atom is 0.191 e. The number of benzene rings is 1. The second-order valence-corrected chi connectivity index (χ2v) is 5.53. The van der Waals surface area contributed by atoms with E-state index < -0.39 is 0 Å². The average Bonchev–Trinajstić information content (AvgIpc) is 3.00. The van der Waals surface area contributed by atoms with E-state index in [0.29, 0.717) is 19.7 Å². The summed E-state index contributed by atoms with van der Waals surface area (Å²) >= 11 is 3.43. The first-order valence-corrected chi connectivity index (χ1v) is 7.80. The highest BCUT2D eigenvalue weighted by molar-refractivity contribution is 14.0. The molecule has 0 aliphatic rings. The molecule has 2 rings (SSSR count). The normalized spacial score (nSPS) is 11.0. The maximum absolute atomic E-state index is 5.84. The quantitative estimate of drug-likeness (QED) is 0.279. The lowest BCUT2D eigenvalue weighted by Crippen LogP contribution is -2.38. The molecule has 0 unspecified atom stereocenters. The molecule has 126 valence electrons. The van der Waals surface area contributed by atoms with Gasteiger partial charge in [0.2, 0.25) is 0 Å². The topological polar surface area (TPSA) is 58.8 Å². The van der Waals surface area contributed by atoms with E-state index in [-0.39, 0.29) is 24.0 Å². The number of furan rings is 1. The minimum atomic E-state index is 0. The number of ether oxygens (including phenoxy) is 1. The monoisotopic (exact) mass is 493 g/mol. The van der Waals surface area contributed by atoms with Gasteiger partial charge in [0.05, 0.1) is 13.2 Å². The van der Waals surface area contributed by atoms with Gasteiger partial charge in [0.25, 0.3) is 0 Å². The Morgan fingerprint density at radius 1 is 1.17 bits per heavy atom. The van der Waals surface area contributed by atoms with Crippen molar-refractivity contribution in [2.45, 2.75) is 6.54 Å². The predicted molar refractivity (Wildman–Crippen MR) is 107 cm³/mol. The number of hydrogen-bond acceptors (Lipinski definition) is 3. The number of methoxy groups -OCH3 is 1. The van der Waals surface area contributed by atoms with Gasteiger partial charge in [-0.15, -0.1) is 24.0 Å². The molecule has 2 aromatic rings. The first-order chi connectivity index (χ1) is 10.7. The van der Waals surface area contributed by atoms with Crippen molar-refractivity contribution in [2.24, 2.45) is 4.99 Å².